The van der Waals surface area contributed by atoms with Gasteiger partial charge in [0.25, 0.3) is 0 Å². The second-order valence-corrected chi connectivity index (χ2v) is 12.1. The first-order valence-corrected chi connectivity index (χ1v) is 14.9. The molecular weight excluding hydrogens is 621 g/mol. The topological polar surface area (TPSA) is 32.3 Å². The van der Waals surface area contributed by atoms with Crippen LogP contribution in [0.2, 0.25) is 0 Å². The molecule has 1 aliphatic heterocycles. The summed E-state index contributed by atoms with van der Waals surface area (Å²) < 4.78 is 94.3. The average molecular weight is 657 g/mol. The molecule has 3 aromatic rings. The van der Waals surface area contributed by atoms with Gasteiger partial charge in [0.05, 0.1) is 22.6 Å². The zero-order valence-corrected chi connectivity index (χ0v) is 25.5. The molecule has 0 bridgehead atoms. The number of benzene rings is 3. The van der Waals surface area contributed by atoms with Crippen molar-refractivity contribution < 1.29 is 35.5 Å². The zero-order valence-electron chi connectivity index (χ0n) is 24.7. The van der Waals surface area contributed by atoms with Crippen molar-refractivity contribution in [1.29, 1.82) is 0 Å². The predicted molar refractivity (Wildman–Crippen MR) is 161 cm³/mol. The molecule has 244 valence electrons. The van der Waals surface area contributed by atoms with E-state index in [-0.39, 0.29) is 35.9 Å². The number of piperidine rings is 1. The van der Waals surface area contributed by atoms with Crippen LogP contribution < -0.4 is 5.32 Å². The Labute approximate surface area is 264 Å². The van der Waals surface area contributed by atoms with Gasteiger partial charge in [-0.2, -0.15) is 26.3 Å². The van der Waals surface area contributed by atoms with Crippen LogP contribution in [-0.2, 0) is 22.7 Å². The molecule has 45 heavy (non-hydrogen) atoms. The van der Waals surface area contributed by atoms with E-state index in [2.05, 4.69) is 10.2 Å². The Bertz CT molecular complexity index is 1400. The molecule has 2 aliphatic rings. The van der Waals surface area contributed by atoms with E-state index in [9.17, 15) is 35.5 Å². The number of hydrogen-bond acceptors (Lipinski definition) is 2. The lowest BCUT2D eigenvalue weighted by atomic mass is 9.73. The molecular formula is C34H36ClF7N2O. The monoisotopic (exact) mass is 656 g/mol. The number of likely N-dealkylation sites (tertiary alicyclic amines) is 1. The standard InChI is InChI=1S/C34H35F7N2O.ClH/c1-22(25-19-27(33(36,37)38)21-28(20-25)34(39,40)41)31(44)42-32(26-5-3-2-4-6-26)15-11-30(12-16-32)43-17-13-24(14-18-43)23-7-9-29(35)10-8-23;/h2-10,19-22,24,30H,11-18H2,1H3,(H,42,44);1H/t22?,30-,32-;. The van der Waals surface area contributed by atoms with Crippen molar-refractivity contribution in [3.8, 4) is 0 Å². The van der Waals surface area contributed by atoms with Gasteiger partial charge in [0.1, 0.15) is 5.82 Å². The number of nitrogens with zero attached hydrogens (tertiary/aromatic N) is 1. The van der Waals surface area contributed by atoms with Crippen LogP contribution in [-0.4, -0.2) is 29.9 Å². The van der Waals surface area contributed by atoms with E-state index in [4.69, 9.17) is 0 Å². The lowest BCUT2D eigenvalue weighted by Gasteiger charge is -2.46. The maximum atomic E-state index is 13.6. The molecule has 1 amide bonds. The Morgan fingerprint density at radius 2 is 1.36 bits per heavy atom. The fourth-order valence-electron chi connectivity index (χ4n) is 6.76. The van der Waals surface area contributed by atoms with E-state index in [1.165, 1.54) is 19.1 Å². The van der Waals surface area contributed by atoms with Crippen LogP contribution in [0.5, 0.6) is 0 Å². The Morgan fingerprint density at radius 1 is 0.822 bits per heavy atom. The number of carbonyl (C=O) groups excluding carboxylic acids is 1. The lowest BCUT2D eigenvalue weighted by molar-refractivity contribution is -0.143. The van der Waals surface area contributed by atoms with Crippen molar-refractivity contribution >= 4 is 18.3 Å². The van der Waals surface area contributed by atoms with Crippen LogP contribution in [0.3, 0.4) is 0 Å². The highest BCUT2D eigenvalue weighted by atomic mass is 35.5. The van der Waals surface area contributed by atoms with Gasteiger partial charge in [0, 0.05) is 6.04 Å². The van der Waals surface area contributed by atoms with E-state index < -0.39 is 40.8 Å². The van der Waals surface area contributed by atoms with E-state index in [0.717, 1.165) is 49.9 Å². The number of rotatable bonds is 6. The van der Waals surface area contributed by atoms with Crippen LogP contribution in [0.15, 0.2) is 72.8 Å². The molecule has 1 atom stereocenters. The second-order valence-electron chi connectivity index (χ2n) is 12.1. The molecule has 1 heterocycles. The molecule has 11 heteroatoms. The van der Waals surface area contributed by atoms with Crippen LogP contribution >= 0.6 is 12.4 Å². The Hall–Kier alpha value is -3.11. The van der Waals surface area contributed by atoms with E-state index in [1.807, 2.05) is 42.5 Å². The highest BCUT2D eigenvalue weighted by Gasteiger charge is 2.42. The maximum absolute atomic E-state index is 13.6. The smallest absolute Gasteiger partial charge is 0.346 e. The van der Waals surface area contributed by atoms with Crippen molar-refractivity contribution in [2.45, 2.75) is 81.2 Å². The molecule has 5 rings (SSSR count). The molecule has 3 aromatic carbocycles. The molecule has 0 radical (unpaired) electrons. The van der Waals surface area contributed by atoms with Crippen molar-refractivity contribution in [2.24, 2.45) is 0 Å². The summed E-state index contributed by atoms with van der Waals surface area (Å²) in [6.07, 6.45) is -5.39. The molecule has 0 spiro atoms. The fourth-order valence-corrected chi connectivity index (χ4v) is 6.76. The summed E-state index contributed by atoms with van der Waals surface area (Å²) in [4.78, 5) is 16.0. The van der Waals surface area contributed by atoms with Gasteiger partial charge in [-0.3, -0.25) is 4.79 Å². The predicted octanol–water partition coefficient (Wildman–Crippen LogP) is 9.22. The summed E-state index contributed by atoms with van der Waals surface area (Å²) in [6, 6.07) is 17.6. The summed E-state index contributed by atoms with van der Waals surface area (Å²) in [5.74, 6) is -1.76. The minimum atomic E-state index is -5.00. The third-order valence-corrected chi connectivity index (χ3v) is 9.39. The van der Waals surface area contributed by atoms with Crippen LogP contribution in [0.1, 0.15) is 85.1 Å². The Balaban J connectivity index is 0.00000461. The average Bonchev–Trinajstić information content (AvgIpc) is 3.01. The largest absolute Gasteiger partial charge is 0.416 e. The van der Waals surface area contributed by atoms with Crippen LogP contribution in [0, 0.1) is 5.82 Å². The van der Waals surface area contributed by atoms with Gasteiger partial charge in [-0.05, 0) is 111 Å². The highest BCUT2D eigenvalue weighted by Crippen LogP contribution is 2.42. The molecule has 1 unspecified atom stereocenters. The van der Waals surface area contributed by atoms with Gasteiger partial charge >= 0.3 is 12.4 Å². The van der Waals surface area contributed by atoms with Gasteiger partial charge in [-0.1, -0.05) is 42.5 Å². The minimum Gasteiger partial charge on any atom is -0.346 e. The molecule has 0 aromatic heterocycles. The SMILES string of the molecule is CC(C(=O)N[C@]1(c2ccccc2)CC[C@@H](N2CCC(c3ccc(F)cc3)CC2)CC1)c1cc(C(F)(F)F)cc(C(F)(F)F)c1.Cl. The van der Waals surface area contributed by atoms with Crippen molar-refractivity contribution in [3.63, 3.8) is 0 Å². The number of carbonyl (C=O) groups is 1. The number of nitrogens with one attached hydrogen (secondary N) is 1. The van der Waals surface area contributed by atoms with E-state index >= 15 is 0 Å². The van der Waals surface area contributed by atoms with Crippen LogP contribution in [0.25, 0.3) is 0 Å². The van der Waals surface area contributed by atoms with Gasteiger partial charge in [0.15, 0.2) is 0 Å². The van der Waals surface area contributed by atoms with Crippen molar-refractivity contribution in [2.75, 3.05) is 13.1 Å². The van der Waals surface area contributed by atoms with E-state index in [0.29, 0.717) is 30.9 Å². The van der Waals surface area contributed by atoms with Gasteiger partial charge in [-0.25, -0.2) is 4.39 Å². The zero-order chi connectivity index (χ0) is 31.7. The first-order chi connectivity index (χ1) is 20.7. The van der Waals surface area contributed by atoms with Gasteiger partial charge in [0.2, 0.25) is 5.91 Å². The molecule has 1 saturated heterocycles. The van der Waals surface area contributed by atoms with Crippen molar-refractivity contribution in [3.05, 3.63) is 106 Å². The summed E-state index contributed by atoms with van der Waals surface area (Å²) in [7, 11) is 0. The summed E-state index contributed by atoms with van der Waals surface area (Å²) in [6.45, 7) is 3.12. The Morgan fingerprint density at radius 3 is 1.87 bits per heavy atom. The second kappa shape index (κ2) is 13.7. The number of alkyl halides is 6. The normalized spacial score (nSPS) is 22.4. The van der Waals surface area contributed by atoms with Crippen molar-refractivity contribution in [1.82, 2.24) is 10.2 Å². The number of hydrogen-bond donors (Lipinski definition) is 1. The summed E-state index contributed by atoms with van der Waals surface area (Å²) in [5.41, 5.74) is -2.03. The minimum absolute atomic E-state index is 0. The van der Waals surface area contributed by atoms with Crippen LogP contribution in [0.4, 0.5) is 30.7 Å². The lowest BCUT2D eigenvalue weighted by Crippen LogP contribution is -2.53. The fraction of sp³-hybridized carbons (Fsp3) is 0.441. The molecule has 1 saturated carbocycles. The molecule has 1 N–H and O–H groups in total. The summed E-state index contributed by atoms with van der Waals surface area (Å²) in [5, 5.41) is 3.07. The maximum Gasteiger partial charge on any atom is 0.416 e. The number of halogens is 8. The molecule has 3 nitrogen and oxygen atoms in total. The highest BCUT2D eigenvalue weighted by molar-refractivity contribution is 5.85. The third kappa shape index (κ3) is 8.01. The quantitative estimate of drug-likeness (QED) is 0.268. The first kappa shape index (κ1) is 34.8. The van der Waals surface area contributed by atoms with Gasteiger partial charge < -0.3 is 10.2 Å². The Kier molecular flexibility index (Phi) is 10.6. The molecule has 1 aliphatic carbocycles. The molecule has 2 fully saturated rings. The van der Waals surface area contributed by atoms with Gasteiger partial charge in [-0.15, -0.1) is 12.4 Å². The number of amides is 1. The van der Waals surface area contributed by atoms with E-state index in [1.54, 1.807) is 0 Å². The first-order valence-electron chi connectivity index (χ1n) is 14.9. The summed E-state index contributed by atoms with van der Waals surface area (Å²) >= 11 is 0. The third-order valence-electron chi connectivity index (χ3n) is 9.39.